The van der Waals surface area contributed by atoms with Gasteiger partial charge in [-0.2, -0.15) is 0 Å². The lowest BCUT2D eigenvalue weighted by molar-refractivity contribution is -0.123. The Labute approximate surface area is 80.0 Å². The molecule has 0 rings (SSSR count). The Kier molecular flexibility index (Phi) is 5.58. The van der Waals surface area contributed by atoms with Gasteiger partial charge in [0.15, 0.2) is 5.78 Å². The van der Waals surface area contributed by atoms with E-state index in [1.165, 1.54) is 0 Å². The van der Waals surface area contributed by atoms with Crippen LogP contribution in [-0.4, -0.2) is 42.5 Å². The molecule has 13 heavy (non-hydrogen) atoms. The van der Waals surface area contributed by atoms with Gasteiger partial charge in [0.05, 0.1) is 0 Å². The highest BCUT2D eigenvalue weighted by Gasteiger charge is 2.16. The van der Waals surface area contributed by atoms with Crippen molar-refractivity contribution in [1.82, 2.24) is 4.90 Å². The first-order valence-corrected chi connectivity index (χ1v) is 4.52. The van der Waals surface area contributed by atoms with E-state index in [0.717, 1.165) is 6.42 Å². The Balaban J connectivity index is 4.17. The Morgan fingerprint density at radius 1 is 1.54 bits per heavy atom. The molecule has 0 radical (unpaired) electrons. The second kappa shape index (κ2) is 5.89. The number of aliphatic hydroxyl groups excluding tert-OH is 1. The number of hydrogen-bond acceptors (Lipinski definition) is 3. The summed E-state index contributed by atoms with van der Waals surface area (Å²) in [5.74, 6) is -0.171. The molecule has 0 bridgehead atoms. The molecular formula is C10H19NO2. The molecule has 3 nitrogen and oxygen atoms in total. The summed E-state index contributed by atoms with van der Waals surface area (Å²) < 4.78 is 0. The number of likely N-dealkylation sites (N-methyl/N-ethyl adjacent to an activating group) is 1. The minimum atomic E-state index is -0.891. The first-order valence-electron chi connectivity index (χ1n) is 4.52. The molecule has 1 unspecified atom stereocenters. The molecule has 76 valence electrons. The van der Waals surface area contributed by atoms with E-state index in [4.69, 9.17) is 0 Å². The van der Waals surface area contributed by atoms with Gasteiger partial charge in [-0.25, -0.2) is 0 Å². The molecule has 0 aromatic rings. The highest BCUT2D eigenvalue weighted by molar-refractivity contribution is 5.98. The molecule has 0 heterocycles. The maximum Gasteiger partial charge on any atom is 0.187 e. The van der Waals surface area contributed by atoms with Crippen LogP contribution >= 0.6 is 0 Å². The van der Waals surface area contributed by atoms with Gasteiger partial charge in [0.1, 0.15) is 6.10 Å². The third kappa shape index (κ3) is 4.80. The Morgan fingerprint density at radius 3 is 2.46 bits per heavy atom. The van der Waals surface area contributed by atoms with Gasteiger partial charge in [-0.05, 0) is 33.0 Å². The normalized spacial score (nSPS) is 14.8. The third-order valence-electron chi connectivity index (χ3n) is 1.74. The molecule has 0 spiro atoms. The van der Waals surface area contributed by atoms with E-state index in [1.54, 1.807) is 11.8 Å². The van der Waals surface area contributed by atoms with E-state index in [0.29, 0.717) is 12.1 Å². The maximum atomic E-state index is 11.4. The van der Waals surface area contributed by atoms with Crippen LogP contribution in [0, 0.1) is 0 Å². The van der Waals surface area contributed by atoms with Crippen molar-refractivity contribution >= 4 is 5.78 Å². The molecule has 0 aromatic carbocycles. The zero-order chi connectivity index (χ0) is 10.4. The number of Topliss-reactive ketones (excluding diaryl/α,β-unsaturated/α-hetero) is 1. The van der Waals surface area contributed by atoms with E-state index in [9.17, 15) is 9.90 Å². The molecule has 0 saturated carbocycles. The SMILES string of the molecule is CCC=C(C)C(=O)C(O)CN(C)C. The summed E-state index contributed by atoms with van der Waals surface area (Å²) in [6.07, 6.45) is 1.77. The van der Waals surface area contributed by atoms with Crippen LogP contribution in [-0.2, 0) is 4.79 Å². The van der Waals surface area contributed by atoms with Gasteiger partial charge in [0, 0.05) is 6.54 Å². The van der Waals surface area contributed by atoms with Crippen LogP contribution in [0.5, 0.6) is 0 Å². The van der Waals surface area contributed by atoms with Crippen LogP contribution in [0.2, 0.25) is 0 Å². The van der Waals surface area contributed by atoms with E-state index in [2.05, 4.69) is 0 Å². The number of rotatable bonds is 5. The summed E-state index contributed by atoms with van der Waals surface area (Å²) in [7, 11) is 3.66. The number of carbonyl (C=O) groups is 1. The monoisotopic (exact) mass is 185 g/mol. The van der Waals surface area contributed by atoms with Crippen molar-refractivity contribution in [2.24, 2.45) is 0 Å². The van der Waals surface area contributed by atoms with Gasteiger partial charge in [-0.3, -0.25) is 4.79 Å². The van der Waals surface area contributed by atoms with Gasteiger partial charge < -0.3 is 10.0 Å². The summed E-state index contributed by atoms with van der Waals surface area (Å²) in [6, 6.07) is 0. The van der Waals surface area contributed by atoms with Crippen LogP contribution in [0.1, 0.15) is 20.3 Å². The highest BCUT2D eigenvalue weighted by Crippen LogP contribution is 2.02. The Morgan fingerprint density at radius 2 is 2.08 bits per heavy atom. The highest BCUT2D eigenvalue weighted by atomic mass is 16.3. The second-order valence-corrected chi connectivity index (χ2v) is 3.44. The van der Waals surface area contributed by atoms with Crippen molar-refractivity contribution in [1.29, 1.82) is 0 Å². The largest absolute Gasteiger partial charge is 0.384 e. The summed E-state index contributed by atoms with van der Waals surface area (Å²) in [4.78, 5) is 13.2. The van der Waals surface area contributed by atoms with E-state index in [1.807, 2.05) is 27.1 Å². The Hall–Kier alpha value is -0.670. The zero-order valence-corrected chi connectivity index (χ0v) is 8.87. The van der Waals surface area contributed by atoms with Crippen LogP contribution < -0.4 is 0 Å². The topological polar surface area (TPSA) is 40.5 Å². The predicted molar refractivity (Wildman–Crippen MR) is 53.6 cm³/mol. The lowest BCUT2D eigenvalue weighted by Gasteiger charge is -2.14. The number of allylic oxidation sites excluding steroid dienone is 1. The van der Waals surface area contributed by atoms with Crippen LogP contribution in [0.15, 0.2) is 11.6 Å². The van der Waals surface area contributed by atoms with Gasteiger partial charge in [0.2, 0.25) is 0 Å². The number of hydrogen-bond donors (Lipinski definition) is 1. The fraction of sp³-hybridized carbons (Fsp3) is 0.700. The number of aliphatic hydroxyl groups is 1. The molecule has 1 atom stereocenters. The van der Waals surface area contributed by atoms with Crippen molar-refractivity contribution < 1.29 is 9.90 Å². The van der Waals surface area contributed by atoms with Gasteiger partial charge in [-0.15, -0.1) is 0 Å². The van der Waals surface area contributed by atoms with Crippen LogP contribution in [0.3, 0.4) is 0 Å². The number of ketones is 1. The second-order valence-electron chi connectivity index (χ2n) is 3.44. The van der Waals surface area contributed by atoms with E-state index < -0.39 is 6.10 Å². The van der Waals surface area contributed by atoms with Crippen LogP contribution in [0.25, 0.3) is 0 Å². The average Bonchev–Trinajstić information content (AvgIpc) is 2.02. The molecule has 3 heteroatoms. The molecular weight excluding hydrogens is 166 g/mol. The summed E-state index contributed by atoms with van der Waals surface area (Å²) in [5.41, 5.74) is 0.650. The summed E-state index contributed by atoms with van der Waals surface area (Å²) >= 11 is 0. The first kappa shape index (κ1) is 12.3. The van der Waals surface area contributed by atoms with Crippen molar-refractivity contribution in [3.05, 3.63) is 11.6 Å². The number of carbonyl (C=O) groups excluding carboxylic acids is 1. The predicted octanol–water partition coefficient (Wildman–Crippen LogP) is 0.834. The zero-order valence-electron chi connectivity index (χ0n) is 8.87. The molecule has 0 aliphatic rings. The van der Waals surface area contributed by atoms with E-state index in [-0.39, 0.29) is 5.78 Å². The van der Waals surface area contributed by atoms with Crippen molar-refractivity contribution in [2.75, 3.05) is 20.6 Å². The average molecular weight is 185 g/mol. The fourth-order valence-electron chi connectivity index (χ4n) is 1.10. The van der Waals surface area contributed by atoms with Crippen LogP contribution in [0.4, 0.5) is 0 Å². The van der Waals surface area contributed by atoms with Gasteiger partial charge in [0.25, 0.3) is 0 Å². The molecule has 0 fully saturated rings. The summed E-state index contributed by atoms with van der Waals surface area (Å²) in [5, 5.41) is 9.45. The molecule has 0 amide bonds. The molecule has 0 saturated heterocycles. The standard InChI is InChI=1S/C10H19NO2/c1-5-6-8(2)10(13)9(12)7-11(3)4/h6,9,12H,5,7H2,1-4H3. The molecule has 1 N–H and O–H groups in total. The van der Waals surface area contributed by atoms with Gasteiger partial charge in [-0.1, -0.05) is 13.0 Å². The Bertz CT molecular complexity index is 197. The van der Waals surface area contributed by atoms with Crippen molar-refractivity contribution in [3.8, 4) is 0 Å². The van der Waals surface area contributed by atoms with Gasteiger partial charge >= 0.3 is 0 Å². The quantitative estimate of drug-likeness (QED) is 0.645. The summed E-state index contributed by atoms with van der Waals surface area (Å²) in [6.45, 7) is 4.09. The van der Waals surface area contributed by atoms with Crippen molar-refractivity contribution in [2.45, 2.75) is 26.4 Å². The van der Waals surface area contributed by atoms with Crippen molar-refractivity contribution in [3.63, 3.8) is 0 Å². The minimum absolute atomic E-state index is 0.171. The molecule has 0 aromatic heterocycles. The third-order valence-corrected chi connectivity index (χ3v) is 1.74. The first-order chi connectivity index (χ1) is 5.99. The lowest BCUT2D eigenvalue weighted by atomic mass is 10.1. The molecule has 0 aliphatic heterocycles. The number of nitrogens with zero attached hydrogens (tertiary/aromatic N) is 1. The van der Waals surface area contributed by atoms with E-state index >= 15 is 0 Å². The smallest absolute Gasteiger partial charge is 0.187 e. The minimum Gasteiger partial charge on any atom is -0.384 e. The lowest BCUT2D eigenvalue weighted by Crippen LogP contribution is -2.33. The maximum absolute atomic E-state index is 11.4. The molecule has 0 aliphatic carbocycles. The fourth-order valence-corrected chi connectivity index (χ4v) is 1.10.